The molecule has 0 radical (unpaired) electrons. The minimum atomic E-state index is -0.757. The van der Waals surface area contributed by atoms with Crippen molar-refractivity contribution in [1.82, 2.24) is 4.90 Å². The van der Waals surface area contributed by atoms with Crippen LogP contribution in [0.5, 0.6) is 11.5 Å². The lowest BCUT2D eigenvalue weighted by Crippen LogP contribution is -2.46. The maximum absolute atomic E-state index is 6.81. The number of amidine groups is 1. The molecule has 5 nitrogen and oxygen atoms in total. The quantitative estimate of drug-likeness (QED) is 0.623. The summed E-state index contributed by atoms with van der Waals surface area (Å²) in [6.45, 7) is 2.23. The van der Waals surface area contributed by atoms with Crippen molar-refractivity contribution < 1.29 is 14.2 Å². The molecule has 6 rings (SSSR count). The number of aliphatic imine (C=N–C) groups is 1. The fourth-order valence-corrected chi connectivity index (χ4v) is 4.67. The number of hydrogen-bond donors (Lipinski definition) is 0. The Morgan fingerprint density at radius 3 is 2.73 bits per heavy atom. The zero-order chi connectivity index (χ0) is 20.1. The molecule has 30 heavy (non-hydrogen) atoms. The summed E-state index contributed by atoms with van der Waals surface area (Å²) in [4.78, 5) is 7.05. The van der Waals surface area contributed by atoms with Gasteiger partial charge < -0.3 is 19.1 Å². The molecule has 0 N–H and O–H groups in total. The van der Waals surface area contributed by atoms with E-state index in [-0.39, 0.29) is 6.79 Å². The van der Waals surface area contributed by atoms with Crippen molar-refractivity contribution in [2.75, 3.05) is 19.9 Å². The van der Waals surface area contributed by atoms with Crippen LogP contribution >= 0.6 is 11.6 Å². The van der Waals surface area contributed by atoms with E-state index < -0.39 is 5.72 Å². The van der Waals surface area contributed by atoms with E-state index in [9.17, 15) is 0 Å². The van der Waals surface area contributed by atoms with Crippen LogP contribution in [-0.2, 0) is 17.1 Å². The molecule has 1 atom stereocenters. The van der Waals surface area contributed by atoms with Crippen LogP contribution in [0.4, 0.5) is 0 Å². The van der Waals surface area contributed by atoms with Gasteiger partial charge in [0.2, 0.25) is 6.79 Å². The van der Waals surface area contributed by atoms with E-state index in [1.54, 1.807) is 0 Å². The molecule has 0 aromatic heterocycles. The molecule has 0 bridgehead atoms. The molecule has 0 saturated carbocycles. The van der Waals surface area contributed by atoms with Crippen LogP contribution in [0.15, 0.2) is 71.7 Å². The Morgan fingerprint density at radius 2 is 1.83 bits per heavy atom. The molecule has 0 amide bonds. The molecule has 3 aliphatic rings. The Labute approximate surface area is 179 Å². The van der Waals surface area contributed by atoms with Crippen LogP contribution in [-0.4, -0.2) is 30.6 Å². The summed E-state index contributed by atoms with van der Waals surface area (Å²) in [7, 11) is 0. The summed E-state index contributed by atoms with van der Waals surface area (Å²) in [6, 6.07) is 22.2. The van der Waals surface area contributed by atoms with Crippen molar-refractivity contribution in [2.45, 2.75) is 12.3 Å². The Hall–Kier alpha value is -3.02. The predicted octanol–water partition coefficient (Wildman–Crippen LogP) is 4.56. The van der Waals surface area contributed by atoms with Crippen molar-refractivity contribution >= 4 is 17.4 Å². The number of ether oxygens (including phenoxy) is 3. The van der Waals surface area contributed by atoms with E-state index in [4.69, 9.17) is 30.8 Å². The van der Waals surface area contributed by atoms with Gasteiger partial charge in [-0.2, -0.15) is 0 Å². The molecule has 3 aromatic rings. The molecule has 0 spiro atoms. The van der Waals surface area contributed by atoms with Gasteiger partial charge in [0, 0.05) is 28.3 Å². The molecule has 0 fully saturated rings. The van der Waals surface area contributed by atoms with Crippen LogP contribution in [0.3, 0.4) is 0 Å². The zero-order valence-corrected chi connectivity index (χ0v) is 16.9. The molecule has 0 aliphatic carbocycles. The first-order valence-electron chi connectivity index (χ1n) is 9.96. The maximum Gasteiger partial charge on any atom is 0.231 e. The van der Waals surface area contributed by atoms with Crippen LogP contribution in [0, 0.1) is 0 Å². The summed E-state index contributed by atoms with van der Waals surface area (Å²) in [6.07, 6.45) is 0. The molecule has 3 heterocycles. The second-order valence-corrected chi connectivity index (χ2v) is 7.97. The number of rotatable bonds is 4. The highest BCUT2D eigenvalue weighted by Gasteiger charge is 2.52. The van der Waals surface area contributed by atoms with E-state index in [1.165, 1.54) is 0 Å². The van der Waals surface area contributed by atoms with Gasteiger partial charge in [-0.05, 0) is 29.8 Å². The molecular formula is C24H19ClN2O3. The summed E-state index contributed by atoms with van der Waals surface area (Å²) >= 11 is 6.20. The van der Waals surface area contributed by atoms with Gasteiger partial charge >= 0.3 is 0 Å². The fourth-order valence-electron chi connectivity index (χ4n) is 4.55. The SMILES string of the molecule is Clc1ccc(C2(OCc3ccc4c(c3)OCO4)c3ccccc3C3=NCCN32)cc1. The summed E-state index contributed by atoms with van der Waals surface area (Å²) in [5.41, 5.74) is 3.52. The number of nitrogens with zero attached hydrogens (tertiary/aromatic N) is 2. The number of hydrogen-bond acceptors (Lipinski definition) is 5. The van der Waals surface area contributed by atoms with E-state index in [1.807, 2.05) is 48.5 Å². The number of fused-ring (bicyclic) bond motifs is 4. The summed E-state index contributed by atoms with van der Waals surface area (Å²) < 4.78 is 17.8. The molecule has 6 heteroatoms. The standard InChI is InChI=1S/C24H19ClN2O3/c25-18-8-6-17(7-9-18)24(30-14-16-5-10-21-22(13-16)29-15-28-21)20-4-2-1-3-19(20)23-26-11-12-27(23)24/h1-10,13H,11-12,14-15H2. The third kappa shape index (κ3) is 2.56. The van der Waals surface area contributed by atoms with Crippen molar-refractivity contribution in [2.24, 2.45) is 4.99 Å². The second-order valence-electron chi connectivity index (χ2n) is 7.53. The van der Waals surface area contributed by atoms with E-state index in [2.05, 4.69) is 23.1 Å². The van der Waals surface area contributed by atoms with Crippen LogP contribution < -0.4 is 9.47 Å². The number of benzene rings is 3. The van der Waals surface area contributed by atoms with Gasteiger partial charge in [-0.3, -0.25) is 4.99 Å². The van der Waals surface area contributed by atoms with Gasteiger partial charge in [0.15, 0.2) is 17.2 Å². The van der Waals surface area contributed by atoms with Crippen LogP contribution in [0.25, 0.3) is 0 Å². The Balaban J connectivity index is 1.46. The third-order valence-corrected chi connectivity index (χ3v) is 6.13. The van der Waals surface area contributed by atoms with Gasteiger partial charge in [-0.25, -0.2) is 0 Å². The average Bonchev–Trinajstić information content (AvgIpc) is 3.49. The monoisotopic (exact) mass is 418 g/mol. The molecule has 1 unspecified atom stereocenters. The minimum absolute atomic E-state index is 0.259. The molecule has 150 valence electrons. The lowest BCUT2D eigenvalue weighted by atomic mass is 9.93. The van der Waals surface area contributed by atoms with Crippen LogP contribution in [0.2, 0.25) is 5.02 Å². The van der Waals surface area contributed by atoms with Gasteiger partial charge in [-0.1, -0.05) is 54.1 Å². The van der Waals surface area contributed by atoms with Crippen molar-refractivity contribution in [3.8, 4) is 11.5 Å². The lowest BCUT2D eigenvalue weighted by molar-refractivity contribution is -0.104. The molecular weight excluding hydrogens is 400 g/mol. The normalized spacial score (nSPS) is 20.8. The first-order valence-corrected chi connectivity index (χ1v) is 10.3. The van der Waals surface area contributed by atoms with Gasteiger partial charge in [0.1, 0.15) is 5.84 Å². The smallest absolute Gasteiger partial charge is 0.231 e. The largest absolute Gasteiger partial charge is 0.454 e. The summed E-state index contributed by atoms with van der Waals surface area (Å²) in [5, 5.41) is 0.700. The first kappa shape index (κ1) is 17.8. The fraction of sp³-hybridized carbons (Fsp3) is 0.208. The minimum Gasteiger partial charge on any atom is -0.454 e. The molecule has 3 aliphatic heterocycles. The highest BCUT2D eigenvalue weighted by Crippen LogP contribution is 2.47. The lowest BCUT2D eigenvalue weighted by Gasteiger charge is -2.39. The van der Waals surface area contributed by atoms with Gasteiger partial charge in [0.25, 0.3) is 0 Å². The van der Waals surface area contributed by atoms with Gasteiger partial charge in [0.05, 0.1) is 13.2 Å². The van der Waals surface area contributed by atoms with Crippen molar-refractivity contribution in [3.05, 3.63) is 94.0 Å². The number of halogens is 1. The second kappa shape index (κ2) is 6.76. The van der Waals surface area contributed by atoms with E-state index in [0.29, 0.717) is 11.6 Å². The summed E-state index contributed by atoms with van der Waals surface area (Å²) in [5.74, 6) is 2.52. The Morgan fingerprint density at radius 1 is 1.00 bits per heavy atom. The Kier molecular flexibility index (Phi) is 4.01. The van der Waals surface area contributed by atoms with Gasteiger partial charge in [-0.15, -0.1) is 0 Å². The first-order chi connectivity index (χ1) is 14.8. The van der Waals surface area contributed by atoms with Crippen molar-refractivity contribution in [3.63, 3.8) is 0 Å². The van der Waals surface area contributed by atoms with Crippen LogP contribution in [0.1, 0.15) is 22.3 Å². The van der Waals surface area contributed by atoms with Crippen molar-refractivity contribution in [1.29, 1.82) is 0 Å². The maximum atomic E-state index is 6.81. The molecule has 3 aromatic carbocycles. The topological polar surface area (TPSA) is 43.3 Å². The highest BCUT2D eigenvalue weighted by molar-refractivity contribution is 6.30. The Bertz CT molecular complexity index is 1160. The average molecular weight is 419 g/mol. The highest BCUT2D eigenvalue weighted by atomic mass is 35.5. The predicted molar refractivity (Wildman–Crippen MR) is 114 cm³/mol. The third-order valence-electron chi connectivity index (χ3n) is 5.87. The van der Waals surface area contributed by atoms with E-state index >= 15 is 0 Å². The van der Waals surface area contributed by atoms with E-state index in [0.717, 1.165) is 52.7 Å². The zero-order valence-electron chi connectivity index (χ0n) is 16.2. The molecule has 0 saturated heterocycles.